The second-order valence-corrected chi connectivity index (χ2v) is 3.18. The first kappa shape index (κ1) is 16.6. The van der Waals surface area contributed by atoms with Gasteiger partial charge >= 0.3 is 11.9 Å². The smallest absolute Gasteiger partial charge is 0.335 e. The zero-order chi connectivity index (χ0) is 14.7. The number of carbonyl (C=O) groups is 2. The number of hydrogen-bond acceptors (Lipinski definition) is 5. The average Bonchev–Trinajstić information content (AvgIpc) is 2.39. The predicted molar refractivity (Wildman–Crippen MR) is 70.2 cm³/mol. The summed E-state index contributed by atoms with van der Waals surface area (Å²) in [6.45, 7) is 7.76. The minimum Gasteiger partial charge on any atom is -0.433 e. The zero-order valence-electron chi connectivity index (χ0n) is 10.6. The van der Waals surface area contributed by atoms with Crippen molar-refractivity contribution in [3.8, 4) is 5.75 Å². The normalized spacial score (nSPS) is 10.2. The van der Waals surface area contributed by atoms with Gasteiger partial charge in [-0.2, -0.15) is 0 Å². The Kier molecular flexibility index (Phi) is 8.40. The number of carbonyl (C=O) groups excluding carboxylic acids is 2. The summed E-state index contributed by atoms with van der Waals surface area (Å²) in [7, 11) is 0. The molecule has 1 unspecified atom stereocenters. The third-order valence-electron chi connectivity index (χ3n) is 1.58. The van der Waals surface area contributed by atoms with E-state index in [0.29, 0.717) is 5.75 Å². The quantitative estimate of drug-likeness (QED) is 0.389. The molecule has 19 heavy (non-hydrogen) atoms. The molecule has 0 aliphatic carbocycles. The highest BCUT2D eigenvalue weighted by Crippen LogP contribution is 2.07. The molecule has 0 radical (unpaired) electrons. The summed E-state index contributed by atoms with van der Waals surface area (Å²) in [4.78, 5) is 20.8. The fourth-order valence-corrected chi connectivity index (χ4v) is 0.863. The first-order valence-electron chi connectivity index (χ1n) is 5.40. The van der Waals surface area contributed by atoms with Gasteiger partial charge in [0, 0.05) is 12.2 Å². The van der Waals surface area contributed by atoms with Crippen molar-refractivity contribution < 1.29 is 24.2 Å². The van der Waals surface area contributed by atoms with Gasteiger partial charge in [-0.3, -0.25) is 0 Å². The van der Waals surface area contributed by atoms with Crippen LogP contribution in [-0.2, 0) is 14.3 Å². The highest BCUT2D eigenvalue weighted by atomic mass is 16.6. The zero-order valence-corrected chi connectivity index (χ0v) is 10.6. The number of hydrogen-bond donors (Lipinski definition) is 1. The number of esters is 2. The maximum Gasteiger partial charge on any atom is 0.335 e. The van der Waals surface area contributed by atoms with E-state index in [1.165, 1.54) is 6.92 Å². The third kappa shape index (κ3) is 9.31. The molecular formula is C14H16O5. The Morgan fingerprint density at radius 3 is 2.05 bits per heavy atom. The Morgan fingerprint density at radius 1 is 1.16 bits per heavy atom. The highest BCUT2D eigenvalue weighted by molar-refractivity contribution is 5.83. The topological polar surface area (TPSA) is 72.8 Å². The lowest BCUT2D eigenvalue weighted by Gasteiger charge is -2.01. The summed E-state index contributed by atoms with van der Waals surface area (Å²) >= 11 is 0. The standard InChI is InChI=1S/C9H8O2.C5H8O3/c1-2-9(10)11-8-6-4-3-5-7-8;1-3-5(7)8-4(2)6/h2-7H,1H2;3-4,6H,1H2,2H3. The van der Waals surface area contributed by atoms with Crippen LogP contribution < -0.4 is 4.74 Å². The van der Waals surface area contributed by atoms with Gasteiger partial charge in [-0.25, -0.2) is 9.59 Å². The molecular weight excluding hydrogens is 248 g/mol. The van der Waals surface area contributed by atoms with E-state index in [1.807, 2.05) is 6.07 Å². The van der Waals surface area contributed by atoms with Crippen LogP contribution in [0.2, 0.25) is 0 Å². The van der Waals surface area contributed by atoms with Crippen molar-refractivity contribution in [3.05, 3.63) is 55.6 Å². The lowest BCUT2D eigenvalue weighted by molar-refractivity contribution is -0.158. The van der Waals surface area contributed by atoms with Crippen LogP contribution in [0.25, 0.3) is 0 Å². The van der Waals surface area contributed by atoms with Crippen molar-refractivity contribution in [1.82, 2.24) is 0 Å². The molecule has 1 N–H and O–H groups in total. The van der Waals surface area contributed by atoms with Crippen molar-refractivity contribution >= 4 is 11.9 Å². The Bertz CT molecular complexity index is 423. The summed E-state index contributed by atoms with van der Waals surface area (Å²) in [5, 5.41) is 8.36. The largest absolute Gasteiger partial charge is 0.433 e. The van der Waals surface area contributed by atoms with Gasteiger partial charge in [-0.15, -0.1) is 0 Å². The van der Waals surface area contributed by atoms with Crippen LogP contribution in [0.1, 0.15) is 6.92 Å². The van der Waals surface area contributed by atoms with E-state index >= 15 is 0 Å². The minimum absolute atomic E-state index is 0.434. The lowest BCUT2D eigenvalue weighted by Crippen LogP contribution is -2.10. The van der Waals surface area contributed by atoms with Gasteiger partial charge in [0.15, 0.2) is 6.29 Å². The van der Waals surface area contributed by atoms with E-state index < -0.39 is 18.2 Å². The van der Waals surface area contributed by atoms with E-state index in [0.717, 1.165) is 12.2 Å². The predicted octanol–water partition coefficient (Wildman–Crippen LogP) is 1.83. The van der Waals surface area contributed by atoms with Crippen molar-refractivity contribution in [2.75, 3.05) is 0 Å². The molecule has 5 nitrogen and oxygen atoms in total. The van der Waals surface area contributed by atoms with E-state index in [2.05, 4.69) is 17.9 Å². The molecule has 0 aromatic heterocycles. The summed E-state index contributed by atoms with van der Waals surface area (Å²) in [5.74, 6) is -0.506. The SMILES string of the molecule is C=CC(=O)OC(C)O.C=CC(=O)Oc1ccccc1. The third-order valence-corrected chi connectivity index (χ3v) is 1.58. The first-order valence-corrected chi connectivity index (χ1v) is 5.40. The van der Waals surface area contributed by atoms with Gasteiger partial charge in [-0.1, -0.05) is 31.4 Å². The number of rotatable bonds is 4. The molecule has 102 valence electrons. The van der Waals surface area contributed by atoms with Gasteiger partial charge in [-0.05, 0) is 19.1 Å². The molecule has 1 atom stereocenters. The molecule has 0 fully saturated rings. The fraction of sp³-hybridized carbons (Fsp3) is 0.143. The van der Waals surface area contributed by atoms with E-state index in [9.17, 15) is 9.59 Å². The average molecular weight is 264 g/mol. The summed E-state index contributed by atoms with van der Waals surface area (Å²) in [6, 6.07) is 8.87. The highest BCUT2D eigenvalue weighted by Gasteiger charge is 1.98. The maximum absolute atomic E-state index is 10.6. The number of aliphatic hydroxyl groups excluding tert-OH is 1. The first-order chi connectivity index (χ1) is 8.99. The second-order valence-electron chi connectivity index (χ2n) is 3.18. The van der Waals surface area contributed by atoms with Gasteiger partial charge in [0.2, 0.25) is 0 Å². The lowest BCUT2D eigenvalue weighted by atomic mass is 10.3. The molecule has 0 aliphatic heterocycles. The molecule has 1 aromatic rings. The minimum atomic E-state index is -1.04. The van der Waals surface area contributed by atoms with Crippen LogP contribution in [0.5, 0.6) is 5.75 Å². The molecule has 0 heterocycles. The van der Waals surface area contributed by atoms with Crippen LogP contribution in [-0.4, -0.2) is 23.3 Å². The molecule has 1 aromatic carbocycles. The summed E-state index contributed by atoms with van der Waals surface area (Å²) in [5.41, 5.74) is 0. The Morgan fingerprint density at radius 2 is 1.68 bits per heavy atom. The number of benzene rings is 1. The van der Waals surface area contributed by atoms with Crippen molar-refractivity contribution in [1.29, 1.82) is 0 Å². The van der Waals surface area contributed by atoms with Crippen LogP contribution in [0.15, 0.2) is 55.6 Å². The Hall–Kier alpha value is -2.40. The van der Waals surface area contributed by atoms with E-state index in [4.69, 9.17) is 9.84 Å². The number of aliphatic hydroxyl groups is 1. The summed E-state index contributed by atoms with van der Waals surface area (Å²) in [6.07, 6.45) is 1.08. The monoisotopic (exact) mass is 264 g/mol. The molecule has 1 rings (SSSR count). The van der Waals surface area contributed by atoms with Crippen molar-refractivity contribution in [3.63, 3.8) is 0 Å². The maximum atomic E-state index is 10.6. The van der Waals surface area contributed by atoms with Crippen LogP contribution in [0, 0.1) is 0 Å². The fourth-order valence-electron chi connectivity index (χ4n) is 0.863. The van der Waals surface area contributed by atoms with E-state index in [-0.39, 0.29) is 0 Å². The number of ether oxygens (including phenoxy) is 2. The van der Waals surface area contributed by atoms with Gasteiger partial charge in [0.25, 0.3) is 0 Å². The van der Waals surface area contributed by atoms with E-state index in [1.54, 1.807) is 24.3 Å². The van der Waals surface area contributed by atoms with Gasteiger partial charge < -0.3 is 14.6 Å². The van der Waals surface area contributed by atoms with Crippen molar-refractivity contribution in [2.24, 2.45) is 0 Å². The Balaban J connectivity index is 0.000000362. The molecule has 0 aliphatic rings. The van der Waals surface area contributed by atoms with Crippen LogP contribution in [0.3, 0.4) is 0 Å². The Labute approximate surface area is 111 Å². The molecule has 0 bridgehead atoms. The van der Waals surface area contributed by atoms with Gasteiger partial charge in [0.05, 0.1) is 0 Å². The van der Waals surface area contributed by atoms with Crippen molar-refractivity contribution in [2.45, 2.75) is 13.2 Å². The molecule has 0 spiro atoms. The molecule has 0 amide bonds. The summed E-state index contributed by atoms with van der Waals surface area (Å²) < 4.78 is 9.00. The van der Waals surface area contributed by atoms with Gasteiger partial charge in [0.1, 0.15) is 5.75 Å². The van der Waals surface area contributed by atoms with Crippen LogP contribution in [0.4, 0.5) is 0 Å². The molecule has 0 saturated heterocycles. The van der Waals surface area contributed by atoms with Crippen LogP contribution >= 0.6 is 0 Å². The second kappa shape index (κ2) is 9.61. The molecule has 0 saturated carbocycles. The number of para-hydroxylation sites is 1. The molecule has 5 heteroatoms.